The number of benzene rings is 2. The van der Waals surface area contributed by atoms with Gasteiger partial charge < -0.3 is 15.2 Å². The molecule has 2 N–H and O–H groups in total. The summed E-state index contributed by atoms with van der Waals surface area (Å²) in [6.07, 6.45) is 4.88. The molecule has 1 amide bonds. The molecule has 0 spiro atoms. The van der Waals surface area contributed by atoms with Gasteiger partial charge in [0.2, 0.25) is 0 Å². The van der Waals surface area contributed by atoms with E-state index in [0.29, 0.717) is 6.42 Å². The van der Waals surface area contributed by atoms with Crippen LogP contribution in [0.1, 0.15) is 62.5 Å². The number of nitrogens with one attached hydrogen (secondary N) is 1. The van der Waals surface area contributed by atoms with Crippen LogP contribution in [-0.2, 0) is 9.53 Å². The number of aliphatic carboxylic acids is 1. The quantitative estimate of drug-likeness (QED) is 0.533. The van der Waals surface area contributed by atoms with E-state index in [1.807, 2.05) is 24.3 Å². The first-order valence-electron chi connectivity index (χ1n) is 10.5. The van der Waals surface area contributed by atoms with Crippen LogP contribution in [-0.4, -0.2) is 29.8 Å². The van der Waals surface area contributed by atoms with Crippen molar-refractivity contribution in [1.29, 1.82) is 0 Å². The fraction of sp³-hybridized carbons (Fsp3) is 0.417. The summed E-state index contributed by atoms with van der Waals surface area (Å²) >= 11 is 0. The predicted octanol–water partition coefficient (Wildman–Crippen LogP) is 5.34. The summed E-state index contributed by atoms with van der Waals surface area (Å²) in [6.45, 7) is 2.32. The van der Waals surface area contributed by atoms with Crippen LogP contribution in [0.5, 0.6) is 0 Å². The van der Waals surface area contributed by atoms with Gasteiger partial charge in [-0.3, -0.25) is 0 Å². The van der Waals surface area contributed by atoms with Gasteiger partial charge in [0.15, 0.2) is 0 Å². The summed E-state index contributed by atoms with van der Waals surface area (Å²) in [5.74, 6) is -1.06. The molecule has 0 aliphatic heterocycles. The zero-order valence-corrected chi connectivity index (χ0v) is 16.9. The lowest BCUT2D eigenvalue weighted by Gasteiger charge is -2.17. The van der Waals surface area contributed by atoms with E-state index < -0.39 is 18.1 Å². The highest BCUT2D eigenvalue weighted by Gasteiger charge is 2.29. The molecule has 0 bridgehead atoms. The first-order valence-corrected chi connectivity index (χ1v) is 10.5. The highest BCUT2D eigenvalue weighted by Crippen LogP contribution is 2.44. The number of hydrogen-bond acceptors (Lipinski definition) is 3. The largest absolute Gasteiger partial charge is 0.480 e. The van der Waals surface area contributed by atoms with E-state index in [-0.39, 0.29) is 12.5 Å². The predicted molar refractivity (Wildman–Crippen MR) is 113 cm³/mol. The Balaban J connectivity index is 1.56. The van der Waals surface area contributed by atoms with E-state index in [1.165, 1.54) is 0 Å². The van der Waals surface area contributed by atoms with Crippen molar-refractivity contribution < 1.29 is 19.4 Å². The van der Waals surface area contributed by atoms with E-state index >= 15 is 0 Å². The SMILES string of the molecule is CCCCCCC[C@H](NC(=O)OCC1c2ccccc2-c2ccccc21)C(=O)O. The maximum Gasteiger partial charge on any atom is 0.407 e. The maximum absolute atomic E-state index is 12.3. The molecule has 154 valence electrons. The number of amides is 1. The van der Waals surface area contributed by atoms with Crippen LogP contribution in [0.3, 0.4) is 0 Å². The Bertz CT molecular complexity index is 803. The van der Waals surface area contributed by atoms with Crippen LogP contribution < -0.4 is 5.32 Å². The number of alkyl carbamates (subject to hydrolysis) is 1. The average molecular weight is 395 g/mol. The van der Waals surface area contributed by atoms with Gasteiger partial charge in [-0.2, -0.15) is 0 Å². The molecule has 0 heterocycles. The fourth-order valence-electron chi connectivity index (χ4n) is 3.99. The van der Waals surface area contributed by atoms with E-state index in [9.17, 15) is 14.7 Å². The van der Waals surface area contributed by atoms with E-state index in [2.05, 4.69) is 36.5 Å². The molecule has 2 aromatic rings. The van der Waals surface area contributed by atoms with Gasteiger partial charge >= 0.3 is 12.1 Å². The van der Waals surface area contributed by atoms with Gasteiger partial charge in [0.25, 0.3) is 0 Å². The fourth-order valence-corrected chi connectivity index (χ4v) is 3.99. The molecule has 29 heavy (non-hydrogen) atoms. The van der Waals surface area contributed by atoms with Gasteiger partial charge in [-0.15, -0.1) is 0 Å². The van der Waals surface area contributed by atoms with Crippen molar-refractivity contribution in [2.75, 3.05) is 6.61 Å². The Morgan fingerprint density at radius 2 is 1.55 bits per heavy atom. The van der Waals surface area contributed by atoms with Crippen molar-refractivity contribution >= 4 is 12.1 Å². The second-order valence-electron chi connectivity index (χ2n) is 7.56. The molecular weight excluding hydrogens is 366 g/mol. The number of hydrogen-bond donors (Lipinski definition) is 2. The Labute approximate surface area is 172 Å². The zero-order chi connectivity index (χ0) is 20.6. The second kappa shape index (κ2) is 10.1. The summed E-state index contributed by atoms with van der Waals surface area (Å²) in [5, 5.41) is 11.9. The molecule has 1 aliphatic rings. The smallest absolute Gasteiger partial charge is 0.407 e. The highest BCUT2D eigenvalue weighted by atomic mass is 16.5. The molecule has 5 nitrogen and oxygen atoms in total. The standard InChI is InChI=1S/C24H29NO4/c1-2-3-4-5-6-15-22(23(26)27)25-24(28)29-16-21-19-13-9-7-11-17(19)18-12-8-10-14-20(18)21/h7-14,21-22H,2-6,15-16H2,1H3,(H,25,28)(H,26,27)/t22-/m0/s1. The number of rotatable bonds is 10. The lowest BCUT2D eigenvalue weighted by atomic mass is 9.98. The van der Waals surface area contributed by atoms with Crippen LogP contribution in [0.25, 0.3) is 11.1 Å². The van der Waals surface area contributed by atoms with Crippen LogP contribution in [0.2, 0.25) is 0 Å². The number of carboxylic acid groups (broad SMARTS) is 1. The van der Waals surface area contributed by atoms with Gasteiger partial charge in [-0.05, 0) is 28.7 Å². The van der Waals surface area contributed by atoms with Gasteiger partial charge in [0.05, 0.1) is 0 Å². The Morgan fingerprint density at radius 1 is 0.966 bits per heavy atom. The van der Waals surface area contributed by atoms with Crippen LogP contribution in [0.4, 0.5) is 4.79 Å². The van der Waals surface area contributed by atoms with Gasteiger partial charge in [-0.25, -0.2) is 9.59 Å². The minimum absolute atomic E-state index is 0.0366. The van der Waals surface area contributed by atoms with Crippen LogP contribution >= 0.6 is 0 Å². The van der Waals surface area contributed by atoms with Gasteiger partial charge in [0.1, 0.15) is 12.6 Å². The van der Waals surface area contributed by atoms with E-state index in [1.54, 1.807) is 0 Å². The first-order chi connectivity index (χ1) is 14.1. The Kier molecular flexibility index (Phi) is 7.28. The Hall–Kier alpha value is -2.82. The highest BCUT2D eigenvalue weighted by molar-refractivity contribution is 5.81. The number of carbonyl (C=O) groups excluding carboxylic acids is 1. The summed E-state index contributed by atoms with van der Waals surface area (Å²) in [4.78, 5) is 23.7. The second-order valence-corrected chi connectivity index (χ2v) is 7.56. The number of carbonyl (C=O) groups is 2. The molecule has 0 unspecified atom stereocenters. The molecule has 0 radical (unpaired) electrons. The average Bonchev–Trinajstić information content (AvgIpc) is 3.05. The minimum Gasteiger partial charge on any atom is -0.480 e. The maximum atomic E-state index is 12.3. The molecule has 3 rings (SSSR count). The molecule has 5 heteroatoms. The number of carboxylic acids is 1. The van der Waals surface area contributed by atoms with Crippen molar-refractivity contribution in [2.45, 2.75) is 57.4 Å². The topological polar surface area (TPSA) is 75.6 Å². The molecule has 2 aromatic carbocycles. The van der Waals surface area contributed by atoms with Crippen LogP contribution in [0, 0.1) is 0 Å². The van der Waals surface area contributed by atoms with E-state index in [0.717, 1.165) is 54.4 Å². The summed E-state index contributed by atoms with van der Waals surface area (Å²) in [7, 11) is 0. The lowest BCUT2D eigenvalue weighted by molar-refractivity contribution is -0.139. The number of fused-ring (bicyclic) bond motifs is 3. The van der Waals surface area contributed by atoms with E-state index in [4.69, 9.17) is 4.74 Å². The normalized spacial score (nSPS) is 13.4. The zero-order valence-electron chi connectivity index (χ0n) is 16.9. The molecule has 0 saturated carbocycles. The summed E-state index contributed by atoms with van der Waals surface area (Å²) in [5.41, 5.74) is 4.58. The summed E-state index contributed by atoms with van der Waals surface area (Å²) < 4.78 is 5.45. The van der Waals surface area contributed by atoms with Crippen molar-refractivity contribution in [2.24, 2.45) is 0 Å². The van der Waals surface area contributed by atoms with Crippen molar-refractivity contribution in [3.63, 3.8) is 0 Å². The number of ether oxygens (including phenoxy) is 1. The number of unbranched alkanes of at least 4 members (excludes halogenated alkanes) is 4. The van der Waals surface area contributed by atoms with Gasteiger partial charge in [-0.1, -0.05) is 87.6 Å². The minimum atomic E-state index is -1.02. The molecule has 1 aliphatic carbocycles. The third kappa shape index (κ3) is 5.17. The first kappa shape index (κ1) is 20.9. The molecule has 0 fully saturated rings. The van der Waals surface area contributed by atoms with Crippen molar-refractivity contribution in [3.05, 3.63) is 59.7 Å². The summed E-state index contributed by atoms with van der Waals surface area (Å²) in [6, 6.07) is 15.3. The Morgan fingerprint density at radius 3 is 2.14 bits per heavy atom. The molecule has 0 saturated heterocycles. The monoisotopic (exact) mass is 395 g/mol. The van der Waals surface area contributed by atoms with Crippen LogP contribution in [0.15, 0.2) is 48.5 Å². The van der Waals surface area contributed by atoms with Crippen molar-refractivity contribution in [3.8, 4) is 11.1 Å². The van der Waals surface area contributed by atoms with Gasteiger partial charge in [0, 0.05) is 5.92 Å². The molecule has 1 atom stereocenters. The third-order valence-corrected chi connectivity index (χ3v) is 5.53. The third-order valence-electron chi connectivity index (χ3n) is 5.53. The lowest BCUT2D eigenvalue weighted by Crippen LogP contribution is -2.41. The van der Waals surface area contributed by atoms with Crippen molar-refractivity contribution in [1.82, 2.24) is 5.32 Å². The molecule has 0 aromatic heterocycles. The molecular formula is C24H29NO4.